The minimum atomic E-state index is 0.132. The summed E-state index contributed by atoms with van der Waals surface area (Å²) in [5, 5.41) is 3.60. The number of nitrogens with one attached hydrogen (secondary N) is 1. The Balaban J connectivity index is 1.62. The first-order chi connectivity index (χ1) is 13.4. The van der Waals surface area contributed by atoms with Gasteiger partial charge in [-0.25, -0.2) is 9.97 Å². The van der Waals surface area contributed by atoms with E-state index in [9.17, 15) is 0 Å². The van der Waals surface area contributed by atoms with Crippen molar-refractivity contribution in [3.8, 4) is 11.4 Å². The molecule has 0 amide bonds. The largest absolute Gasteiger partial charge is 0.363 e. The van der Waals surface area contributed by atoms with Crippen LogP contribution in [0.4, 0.5) is 5.82 Å². The maximum absolute atomic E-state index is 4.73. The lowest BCUT2D eigenvalue weighted by molar-refractivity contribution is 0.769. The Hall–Kier alpha value is -3.46. The van der Waals surface area contributed by atoms with Gasteiger partial charge in [0.1, 0.15) is 5.82 Å². The van der Waals surface area contributed by atoms with Crippen molar-refractivity contribution in [3.05, 3.63) is 114 Å². The fraction of sp³-hybridized carbons (Fsp3) is 0.0833. The lowest BCUT2D eigenvalue weighted by Crippen LogP contribution is -2.15. The molecule has 1 aromatic heterocycles. The summed E-state index contributed by atoms with van der Waals surface area (Å²) in [6.45, 7) is 0. The minimum absolute atomic E-state index is 0.132. The van der Waals surface area contributed by atoms with Gasteiger partial charge in [0.05, 0.1) is 6.04 Å². The van der Waals surface area contributed by atoms with E-state index < -0.39 is 0 Å². The molecule has 0 fully saturated rings. The predicted molar refractivity (Wildman–Crippen MR) is 110 cm³/mol. The zero-order chi connectivity index (χ0) is 18.3. The highest BCUT2D eigenvalue weighted by Gasteiger charge is 2.13. The van der Waals surface area contributed by atoms with Crippen LogP contribution < -0.4 is 5.32 Å². The van der Waals surface area contributed by atoms with Crippen molar-refractivity contribution in [3.63, 3.8) is 0 Å². The van der Waals surface area contributed by atoms with E-state index in [0.717, 1.165) is 23.6 Å². The number of hydrogen-bond donors (Lipinski definition) is 1. The summed E-state index contributed by atoms with van der Waals surface area (Å²) in [6.07, 6.45) is 2.69. The molecule has 0 bridgehead atoms. The van der Waals surface area contributed by atoms with Crippen LogP contribution in [0.5, 0.6) is 0 Å². The van der Waals surface area contributed by atoms with Crippen LogP contribution in [0.2, 0.25) is 0 Å². The van der Waals surface area contributed by atoms with Gasteiger partial charge in [-0.15, -0.1) is 0 Å². The quantitative estimate of drug-likeness (QED) is 0.496. The van der Waals surface area contributed by atoms with Crippen LogP contribution in [-0.2, 0) is 6.42 Å². The highest BCUT2D eigenvalue weighted by molar-refractivity contribution is 5.56. The smallest absolute Gasteiger partial charge is 0.161 e. The fourth-order valence-electron chi connectivity index (χ4n) is 3.13. The molecule has 0 aliphatic rings. The highest BCUT2D eigenvalue weighted by atomic mass is 15.0. The van der Waals surface area contributed by atoms with Crippen LogP contribution in [0.3, 0.4) is 0 Å². The van der Waals surface area contributed by atoms with E-state index in [4.69, 9.17) is 4.98 Å². The molecular weight excluding hydrogens is 330 g/mol. The van der Waals surface area contributed by atoms with Crippen molar-refractivity contribution in [2.75, 3.05) is 5.32 Å². The van der Waals surface area contributed by atoms with Crippen LogP contribution in [0.25, 0.3) is 11.4 Å². The van der Waals surface area contributed by atoms with Gasteiger partial charge in [-0.1, -0.05) is 91.0 Å². The van der Waals surface area contributed by atoms with Gasteiger partial charge >= 0.3 is 0 Å². The van der Waals surface area contributed by atoms with Crippen molar-refractivity contribution >= 4 is 5.82 Å². The number of benzene rings is 3. The van der Waals surface area contributed by atoms with E-state index in [1.807, 2.05) is 54.7 Å². The van der Waals surface area contributed by atoms with Gasteiger partial charge < -0.3 is 5.32 Å². The summed E-state index contributed by atoms with van der Waals surface area (Å²) in [6, 6.07) is 33.1. The molecule has 1 N–H and O–H groups in total. The molecular formula is C24H21N3. The van der Waals surface area contributed by atoms with Gasteiger partial charge in [0, 0.05) is 11.8 Å². The maximum Gasteiger partial charge on any atom is 0.161 e. The van der Waals surface area contributed by atoms with Gasteiger partial charge in [-0.3, -0.25) is 0 Å². The molecule has 4 rings (SSSR count). The van der Waals surface area contributed by atoms with E-state index in [-0.39, 0.29) is 6.04 Å². The van der Waals surface area contributed by atoms with Gasteiger partial charge in [0.15, 0.2) is 5.82 Å². The molecule has 1 unspecified atom stereocenters. The third-order valence-corrected chi connectivity index (χ3v) is 4.49. The molecule has 1 heterocycles. The Morgan fingerprint density at radius 3 is 2.04 bits per heavy atom. The van der Waals surface area contributed by atoms with E-state index in [0.29, 0.717) is 0 Å². The van der Waals surface area contributed by atoms with Crippen molar-refractivity contribution < 1.29 is 0 Å². The number of anilines is 1. The molecule has 3 nitrogen and oxygen atoms in total. The maximum atomic E-state index is 4.73. The molecule has 0 saturated heterocycles. The molecule has 1 atom stereocenters. The van der Waals surface area contributed by atoms with E-state index in [2.05, 4.69) is 58.8 Å². The number of rotatable bonds is 6. The predicted octanol–water partition coefficient (Wildman–Crippen LogP) is 5.54. The van der Waals surface area contributed by atoms with Crippen molar-refractivity contribution in [2.24, 2.45) is 0 Å². The second-order valence-corrected chi connectivity index (χ2v) is 6.43. The van der Waals surface area contributed by atoms with Gasteiger partial charge in [0.25, 0.3) is 0 Å². The Labute approximate surface area is 159 Å². The van der Waals surface area contributed by atoms with Crippen molar-refractivity contribution in [1.82, 2.24) is 9.97 Å². The molecule has 132 valence electrons. The Bertz CT molecular complexity index is 970. The normalized spacial score (nSPS) is 11.7. The molecule has 0 aliphatic carbocycles. The number of aromatic nitrogens is 2. The van der Waals surface area contributed by atoms with Gasteiger partial charge in [-0.05, 0) is 23.6 Å². The average Bonchev–Trinajstić information content (AvgIpc) is 2.75. The van der Waals surface area contributed by atoms with Gasteiger partial charge in [-0.2, -0.15) is 0 Å². The lowest BCUT2D eigenvalue weighted by Gasteiger charge is -2.20. The zero-order valence-corrected chi connectivity index (χ0v) is 15.0. The zero-order valence-electron chi connectivity index (χ0n) is 15.0. The van der Waals surface area contributed by atoms with Crippen molar-refractivity contribution in [2.45, 2.75) is 12.5 Å². The highest BCUT2D eigenvalue weighted by Crippen LogP contribution is 2.24. The Kier molecular flexibility index (Phi) is 5.21. The van der Waals surface area contributed by atoms with Crippen LogP contribution in [0.1, 0.15) is 17.2 Å². The summed E-state index contributed by atoms with van der Waals surface area (Å²) in [4.78, 5) is 9.15. The first-order valence-corrected chi connectivity index (χ1v) is 9.12. The van der Waals surface area contributed by atoms with E-state index in [1.54, 1.807) is 0 Å². The number of nitrogens with zero attached hydrogens (tertiary/aromatic N) is 2. The Morgan fingerprint density at radius 1 is 0.704 bits per heavy atom. The second-order valence-electron chi connectivity index (χ2n) is 6.43. The summed E-state index contributed by atoms with van der Waals surface area (Å²) in [5.41, 5.74) is 3.54. The first-order valence-electron chi connectivity index (χ1n) is 9.12. The minimum Gasteiger partial charge on any atom is -0.363 e. The molecule has 0 spiro atoms. The topological polar surface area (TPSA) is 37.8 Å². The standard InChI is InChI=1S/C24H21N3/c1-4-10-19(11-5-1)18-22(20-12-6-2-7-13-20)26-23-16-17-25-24(27-23)21-14-8-3-9-15-21/h1-17,22H,18H2,(H,25,26,27). The molecule has 0 saturated carbocycles. The molecule has 3 aromatic carbocycles. The first kappa shape index (κ1) is 17.0. The van der Waals surface area contributed by atoms with Crippen LogP contribution in [0, 0.1) is 0 Å². The molecule has 3 heteroatoms. The van der Waals surface area contributed by atoms with Gasteiger partial charge in [0.2, 0.25) is 0 Å². The molecule has 4 aromatic rings. The number of hydrogen-bond acceptors (Lipinski definition) is 3. The van der Waals surface area contributed by atoms with Crippen LogP contribution in [-0.4, -0.2) is 9.97 Å². The molecule has 0 aliphatic heterocycles. The third kappa shape index (κ3) is 4.39. The van der Waals surface area contributed by atoms with Crippen molar-refractivity contribution in [1.29, 1.82) is 0 Å². The summed E-state index contributed by atoms with van der Waals surface area (Å²) >= 11 is 0. The Morgan fingerprint density at radius 2 is 1.33 bits per heavy atom. The average molecular weight is 351 g/mol. The second kappa shape index (κ2) is 8.28. The molecule has 27 heavy (non-hydrogen) atoms. The summed E-state index contributed by atoms with van der Waals surface area (Å²) in [7, 11) is 0. The monoisotopic (exact) mass is 351 g/mol. The van der Waals surface area contributed by atoms with E-state index >= 15 is 0 Å². The molecule has 0 radical (unpaired) electrons. The van der Waals surface area contributed by atoms with E-state index in [1.165, 1.54) is 11.1 Å². The summed E-state index contributed by atoms with van der Waals surface area (Å²) < 4.78 is 0. The van der Waals surface area contributed by atoms with Crippen LogP contribution >= 0.6 is 0 Å². The van der Waals surface area contributed by atoms with Crippen LogP contribution in [0.15, 0.2) is 103 Å². The lowest BCUT2D eigenvalue weighted by atomic mass is 9.99. The SMILES string of the molecule is c1ccc(CC(Nc2ccnc(-c3ccccc3)n2)c2ccccc2)cc1. The third-order valence-electron chi connectivity index (χ3n) is 4.49. The summed E-state index contributed by atoms with van der Waals surface area (Å²) in [5.74, 6) is 1.56. The fourth-order valence-corrected chi connectivity index (χ4v) is 3.13.